The third-order valence-electron chi connectivity index (χ3n) is 6.53. The summed E-state index contributed by atoms with van der Waals surface area (Å²) in [4.78, 5) is 13.8. The van der Waals surface area contributed by atoms with Gasteiger partial charge in [-0.2, -0.15) is 0 Å². The number of para-hydroxylation sites is 1. The molecule has 8 heteroatoms. The van der Waals surface area contributed by atoms with Gasteiger partial charge in [0.05, 0.1) is 6.20 Å². The standard InChI is InChI=1S/C23H29N7S/c1-17-6-3-4-7-20(17)30-12-8-18-15-29(16-21(18)30)11-5-13-31-23-27-26-22(28(23)2)19-14-24-9-10-25-19/h3-4,6-7,9-10,14,18,21H,5,8,11-13,15-16H2,1-2H3. The van der Waals surface area contributed by atoms with Crippen LogP contribution in [0, 0.1) is 12.8 Å². The molecule has 0 N–H and O–H groups in total. The fraction of sp³-hybridized carbons (Fsp3) is 0.478. The Morgan fingerprint density at radius 3 is 2.87 bits per heavy atom. The summed E-state index contributed by atoms with van der Waals surface area (Å²) < 4.78 is 2.01. The number of aryl methyl sites for hydroxylation is 1. The predicted octanol–water partition coefficient (Wildman–Crippen LogP) is 3.27. The first-order valence-electron chi connectivity index (χ1n) is 11.0. The van der Waals surface area contributed by atoms with E-state index in [0.717, 1.165) is 41.3 Å². The lowest BCUT2D eigenvalue weighted by atomic mass is 10.0. The third-order valence-corrected chi connectivity index (χ3v) is 7.63. The number of thioether (sulfide) groups is 1. The average Bonchev–Trinajstić information content (AvgIpc) is 3.47. The van der Waals surface area contributed by atoms with Gasteiger partial charge in [0.1, 0.15) is 5.69 Å². The molecule has 0 saturated carbocycles. The predicted molar refractivity (Wildman–Crippen MR) is 124 cm³/mol. The van der Waals surface area contributed by atoms with Crippen molar-refractivity contribution in [1.82, 2.24) is 29.6 Å². The van der Waals surface area contributed by atoms with Crippen molar-refractivity contribution in [2.75, 3.05) is 36.8 Å². The zero-order valence-electron chi connectivity index (χ0n) is 18.2. The molecule has 0 bridgehead atoms. The summed E-state index contributed by atoms with van der Waals surface area (Å²) >= 11 is 1.77. The molecule has 5 rings (SSSR count). The minimum absolute atomic E-state index is 0.669. The van der Waals surface area contributed by atoms with Gasteiger partial charge >= 0.3 is 0 Å². The van der Waals surface area contributed by atoms with Crippen molar-refractivity contribution < 1.29 is 0 Å². The van der Waals surface area contributed by atoms with Crippen LogP contribution in [-0.2, 0) is 7.05 Å². The van der Waals surface area contributed by atoms with Crippen LogP contribution in [0.15, 0.2) is 48.0 Å². The second-order valence-corrected chi connectivity index (χ2v) is 9.58. The second kappa shape index (κ2) is 8.96. The number of aromatic nitrogens is 5. The zero-order chi connectivity index (χ0) is 21.2. The Hall–Kier alpha value is -2.45. The van der Waals surface area contributed by atoms with Gasteiger partial charge in [-0.25, -0.2) is 4.98 Å². The molecule has 1 aromatic carbocycles. The monoisotopic (exact) mass is 435 g/mol. The molecule has 0 aliphatic carbocycles. The van der Waals surface area contributed by atoms with Crippen molar-refractivity contribution in [3.63, 3.8) is 0 Å². The van der Waals surface area contributed by atoms with Crippen LogP contribution < -0.4 is 4.90 Å². The number of fused-ring (bicyclic) bond motifs is 1. The lowest BCUT2D eigenvalue weighted by Gasteiger charge is -2.28. The van der Waals surface area contributed by atoms with E-state index < -0.39 is 0 Å². The molecule has 2 atom stereocenters. The summed E-state index contributed by atoms with van der Waals surface area (Å²) in [5, 5.41) is 9.58. The lowest BCUT2D eigenvalue weighted by molar-refractivity contribution is 0.319. The Balaban J connectivity index is 1.12. The van der Waals surface area contributed by atoms with Crippen LogP contribution >= 0.6 is 11.8 Å². The van der Waals surface area contributed by atoms with E-state index in [1.54, 1.807) is 30.4 Å². The van der Waals surface area contributed by atoms with Crippen molar-refractivity contribution in [1.29, 1.82) is 0 Å². The molecule has 3 aromatic rings. The van der Waals surface area contributed by atoms with Gasteiger partial charge in [0, 0.05) is 56.6 Å². The van der Waals surface area contributed by atoms with E-state index >= 15 is 0 Å². The average molecular weight is 436 g/mol. The molecular formula is C23H29N7S. The van der Waals surface area contributed by atoms with Gasteiger partial charge in [0.15, 0.2) is 11.0 Å². The van der Waals surface area contributed by atoms with Crippen LogP contribution in [-0.4, -0.2) is 67.6 Å². The molecule has 7 nitrogen and oxygen atoms in total. The van der Waals surface area contributed by atoms with Crippen LogP contribution in [0.3, 0.4) is 0 Å². The third kappa shape index (κ3) is 4.19. The smallest absolute Gasteiger partial charge is 0.191 e. The Morgan fingerprint density at radius 1 is 1.13 bits per heavy atom. The highest BCUT2D eigenvalue weighted by atomic mass is 32.2. The van der Waals surface area contributed by atoms with Crippen LogP contribution in [0.1, 0.15) is 18.4 Å². The molecule has 162 valence electrons. The molecule has 0 spiro atoms. The van der Waals surface area contributed by atoms with Crippen molar-refractivity contribution >= 4 is 17.4 Å². The maximum Gasteiger partial charge on any atom is 0.191 e. The summed E-state index contributed by atoms with van der Waals surface area (Å²) in [5.41, 5.74) is 3.57. The topological polar surface area (TPSA) is 63.0 Å². The molecule has 31 heavy (non-hydrogen) atoms. The van der Waals surface area contributed by atoms with Gasteiger partial charge in [-0.15, -0.1) is 10.2 Å². The number of benzene rings is 1. The summed E-state index contributed by atoms with van der Waals surface area (Å²) in [6.45, 7) is 7.00. The number of rotatable bonds is 7. The maximum absolute atomic E-state index is 4.35. The van der Waals surface area contributed by atoms with E-state index in [0.29, 0.717) is 6.04 Å². The van der Waals surface area contributed by atoms with Crippen LogP contribution in [0.4, 0.5) is 5.69 Å². The van der Waals surface area contributed by atoms with Gasteiger partial charge in [0.25, 0.3) is 0 Å². The minimum Gasteiger partial charge on any atom is -0.367 e. The summed E-state index contributed by atoms with van der Waals surface area (Å²) in [5.74, 6) is 2.61. The molecule has 2 aliphatic heterocycles. The fourth-order valence-electron chi connectivity index (χ4n) is 4.95. The molecule has 0 amide bonds. The first-order chi connectivity index (χ1) is 15.2. The van der Waals surface area contributed by atoms with E-state index in [9.17, 15) is 0 Å². The summed E-state index contributed by atoms with van der Waals surface area (Å²) in [6, 6.07) is 9.49. The molecule has 2 unspecified atom stereocenters. The molecule has 0 radical (unpaired) electrons. The van der Waals surface area contributed by atoms with Crippen molar-refractivity contribution in [2.45, 2.75) is 31.0 Å². The number of hydrogen-bond donors (Lipinski definition) is 0. The Kier molecular flexibility index (Phi) is 5.91. The Labute approximate surface area is 187 Å². The van der Waals surface area contributed by atoms with Crippen LogP contribution in [0.25, 0.3) is 11.5 Å². The number of hydrogen-bond acceptors (Lipinski definition) is 7. The highest BCUT2D eigenvalue weighted by Gasteiger charge is 2.41. The van der Waals surface area contributed by atoms with E-state index in [4.69, 9.17) is 0 Å². The van der Waals surface area contributed by atoms with Gasteiger partial charge in [0.2, 0.25) is 0 Å². The second-order valence-electron chi connectivity index (χ2n) is 8.51. The first kappa shape index (κ1) is 20.5. The van der Waals surface area contributed by atoms with Crippen molar-refractivity contribution in [2.24, 2.45) is 13.0 Å². The molecule has 2 saturated heterocycles. The van der Waals surface area contributed by atoms with Gasteiger partial charge in [-0.05, 0) is 43.9 Å². The molecule has 2 fully saturated rings. The van der Waals surface area contributed by atoms with Gasteiger partial charge in [-0.1, -0.05) is 30.0 Å². The van der Waals surface area contributed by atoms with Gasteiger partial charge < -0.3 is 14.4 Å². The highest BCUT2D eigenvalue weighted by molar-refractivity contribution is 7.99. The first-order valence-corrected chi connectivity index (χ1v) is 12.0. The van der Waals surface area contributed by atoms with Crippen LogP contribution in [0.5, 0.6) is 0 Å². The maximum atomic E-state index is 4.35. The largest absolute Gasteiger partial charge is 0.367 e. The summed E-state index contributed by atoms with van der Waals surface area (Å²) in [7, 11) is 1.99. The Bertz CT molecular complexity index is 1020. The fourth-order valence-corrected chi connectivity index (χ4v) is 5.78. The molecule has 2 aromatic heterocycles. The minimum atomic E-state index is 0.669. The van der Waals surface area contributed by atoms with E-state index in [2.05, 4.69) is 61.2 Å². The number of nitrogens with zero attached hydrogens (tertiary/aromatic N) is 7. The van der Waals surface area contributed by atoms with E-state index in [1.807, 2.05) is 11.6 Å². The molecular weight excluding hydrogens is 406 g/mol. The van der Waals surface area contributed by atoms with Crippen LogP contribution in [0.2, 0.25) is 0 Å². The molecule has 4 heterocycles. The van der Waals surface area contributed by atoms with Crippen molar-refractivity contribution in [3.05, 3.63) is 48.4 Å². The number of anilines is 1. The summed E-state index contributed by atoms with van der Waals surface area (Å²) in [6.07, 6.45) is 7.55. The number of likely N-dealkylation sites (tertiary alicyclic amines) is 1. The highest BCUT2D eigenvalue weighted by Crippen LogP contribution is 2.36. The SMILES string of the molecule is Cc1ccccc1N1CCC2CN(CCCSc3nnc(-c4cnccn4)n3C)CC21. The van der Waals surface area contributed by atoms with E-state index in [-0.39, 0.29) is 0 Å². The van der Waals surface area contributed by atoms with Crippen molar-refractivity contribution in [3.8, 4) is 11.5 Å². The van der Waals surface area contributed by atoms with E-state index in [1.165, 1.54) is 37.3 Å². The van der Waals surface area contributed by atoms with Gasteiger partial charge in [-0.3, -0.25) is 4.98 Å². The Morgan fingerprint density at radius 2 is 2.03 bits per heavy atom. The quantitative estimate of drug-likeness (QED) is 0.417. The normalized spacial score (nSPS) is 21.0. The zero-order valence-corrected chi connectivity index (χ0v) is 19.0. The lowest BCUT2D eigenvalue weighted by Crippen LogP contribution is -2.35. The molecule has 2 aliphatic rings.